The van der Waals surface area contributed by atoms with Gasteiger partial charge in [-0.15, -0.1) is 0 Å². The highest BCUT2D eigenvalue weighted by Gasteiger charge is 2.35. The van der Waals surface area contributed by atoms with E-state index in [2.05, 4.69) is 89.9 Å². The fraction of sp³-hybridized carbons (Fsp3) is 0.143. The summed E-state index contributed by atoms with van der Waals surface area (Å²) < 4.78 is 7.04. The summed E-state index contributed by atoms with van der Waals surface area (Å²) in [6, 6.07) is 35.6. The number of nitrogens with zero attached hydrogens (tertiary/aromatic N) is 2. The summed E-state index contributed by atoms with van der Waals surface area (Å²) in [4.78, 5) is 16.7. The van der Waals surface area contributed by atoms with E-state index in [1.54, 1.807) is 6.20 Å². The van der Waals surface area contributed by atoms with Crippen molar-refractivity contribution in [2.24, 2.45) is 0 Å². The average Bonchev–Trinajstić information content (AvgIpc) is 3.40. The van der Waals surface area contributed by atoms with E-state index in [1.165, 1.54) is 26.5 Å². The molecule has 2 heterocycles. The van der Waals surface area contributed by atoms with E-state index in [9.17, 15) is 15.0 Å². The number of hydrogen-bond acceptors (Lipinski definition) is 6. The van der Waals surface area contributed by atoms with Gasteiger partial charge in [0.1, 0.15) is 18.1 Å². The average molecular weight is 556 g/mol. The maximum absolute atomic E-state index is 12.7. The van der Waals surface area contributed by atoms with Gasteiger partial charge in [-0.1, -0.05) is 103 Å². The summed E-state index contributed by atoms with van der Waals surface area (Å²) in [6.07, 6.45) is -0.563. The zero-order chi connectivity index (χ0) is 28.8. The maximum atomic E-state index is 12.7. The molecule has 4 N–H and O–H groups in total. The van der Waals surface area contributed by atoms with Crippen LogP contribution in [0, 0.1) is 0 Å². The zero-order valence-corrected chi connectivity index (χ0v) is 22.7. The Kier molecular flexibility index (Phi) is 6.55. The van der Waals surface area contributed by atoms with Gasteiger partial charge in [0.15, 0.2) is 0 Å². The lowest BCUT2D eigenvalue weighted by molar-refractivity contribution is -0.0458. The van der Waals surface area contributed by atoms with Gasteiger partial charge in [0, 0.05) is 18.2 Å². The van der Waals surface area contributed by atoms with Crippen LogP contribution in [0.15, 0.2) is 114 Å². The van der Waals surface area contributed by atoms with E-state index >= 15 is 0 Å². The molecule has 5 aromatic carbocycles. The molecule has 0 saturated carbocycles. The lowest BCUT2D eigenvalue weighted by atomic mass is 9.86. The lowest BCUT2D eigenvalue weighted by Crippen LogP contribution is -2.28. The Morgan fingerprint density at radius 1 is 0.762 bits per heavy atom. The monoisotopic (exact) mass is 555 g/mol. The normalized spacial score (nSPS) is 18.6. The summed E-state index contributed by atoms with van der Waals surface area (Å²) in [7, 11) is 0. The maximum Gasteiger partial charge on any atom is 0.351 e. The van der Waals surface area contributed by atoms with Crippen molar-refractivity contribution in [1.82, 2.24) is 9.55 Å². The Labute approximate surface area is 242 Å². The highest BCUT2D eigenvalue weighted by molar-refractivity contribution is 6.21. The molecule has 208 valence electrons. The number of aliphatic hydroxyl groups is 2. The number of nitrogens with two attached hydrogens (primary N) is 1. The molecule has 3 atom stereocenters. The molecular formula is C35H29N3O4. The van der Waals surface area contributed by atoms with Crippen molar-refractivity contribution < 1.29 is 14.9 Å². The first kappa shape index (κ1) is 26.1. The van der Waals surface area contributed by atoms with Gasteiger partial charge in [-0.3, -0.25) is 4.57 Å². The van der Waals surface area contributed by atoms with Crippen LogP contribution in [0.1, 0.15) is 12.6 Å². The first-order valence-corrected chi connectivity index (χ1v) is 14.0. The fourth-order valence-corrected chi connectivity index (χ4v) is 6.13. The van der Waals surface area contributed by atoms with Crippen molar-refractivity contribution in [3.63, 3.8) is 0 Å². The van der Waals surface area contributed by atoms with E-state index in [-0.39, 0.29) is 18.8 Å². The zero-order valence-electron chi connectivity index (χ0n) is 22.7. The molecule has 0 bridgehead atoms. The molecule has 1 aromatic heterocycles. The van der Waals surface area contributed by atoms with Crippen LogP contribution in [0.25, 0.3) is 54.9 Å². The van der Waals surface area contributed by atoms with Gasteiger partial charge in [0.2, 0.25) is 0 Å². The van der Waals surface area contributed by atoms with E-state index in [1.807, 2.05) is 18.2 Å². The smallest absolute Gasteiger partial charge is 0.351 e. The van der Waals surface area contributed by atoms with Crippen molar-refractivity contribution in [3.05, 3.63) is 120 Å². The first-order valence-electron chi connectivity index (χ1n) is 14.0. The van der Waals surface area contributed by atoms with Crippen molar-refractivity contribution in [3.8, 4) is 33.4 Å². The van der Waals surface area contributed by atoms with E-state index in [0.717, 1.165) is 27.5 Å². The molecule has 1 aliphatic rings. The molecule has 0 spiro atoms. The molecule has 42 heavy (non-hydrogen) atoms. The van der Waals surface area contributed by atoms with Crippen LogP contribution in [0.5, 0.6) is 0 Å². The molecule has 0 aliphatic carbocycles. The molecule has 0 unspecified atom stereocenters. The number of fused-ring (bicyclic) bond motifs is 2. The Morgan fingerprint density at radius 3 is 1.79 bits per heavy atom. The van der Waals surface area contributed by atoms with Crippen LogP contribution in [-0.4, -0.2) is 38.6 Å². The van der Waals surface area contributed by atoms with Crippen LogP contribution in [0.2, 0.25) is 0 Å². The molecule has 7 nitrogen and oxygen atoms in total. The van der Waals surface area contributed by atoms with Crippen LogP contribution in [-0.2, 0) is 4.74 Å². The second-order valence-electron chi connectivity index (χ2n) is 10.6. The summed E-state index contributed by atoms with van der Waals surface area (Å²) >= 11 is 0. The van der Waals surface area contributed by atoms with E-state index in [0.29, 0.717) is 5.56 Å². The molecule has 0 amide bonds. The van der Waals surface area contributed by atoms with Crippen molar-refractivity contribution in [2.75, 3.05) is 12.3 Å². The van der Waals surface area contributed by atoms with Crippen LogP contribution >= 0.6 is 0 Å². The predicted molar refractivity (Wildman–Crippen MR) is 166 cm³/mol. The summed E-state index contributed by atoms with van der Waals surface area (Å²) in [5.41, 5.74) is 11.6. The van der Waals surface area contributed by atoms with Gasteiger partial charge in [-0.05, 0) is 49.4 Å². The Morgan fingerprint density at radius 2 is 1.26 bits per heavy atom. The Balaban J connectivity index is 1.35. The molecule has 7 heteroatoms. The number of benzene rings is 5. The van der Waals surface area contributed by atoms with Gasteiger partial charge in [-0.2, -0.15) is 4.98 Å². The largest absolute Gasteiger partial charge is 0.394 e. The minimum Gasteiger partial charge on any atom is -0.394 e. The minimum absolute atomic E-state index is 0.115. The molecule has 6 aromatic rings. The molecular weight excluding hydrogens is 526 g/mol. The third-order valence-corrected chi connectivity index (χ3v) is 8.15. The number of anilines is 1. The molecule has 1 aliphatic heterocycles. The number of aromatic nitrogens is 2. The van der Waals surface area contributed by atoms with Crippen LogP contribution in [0.3, 0.4) is 0 Å². The third kappa shape index (κ3) is 4.35. The molecule has 1 saturated heterocycles. The number of ether oxygens (including phenoxy) is 1. The van der Waals surface area contributed by atoms with Crippen LogP contribution in [0.4, 0.5) is 5.82 Å². The predicted octanol–water partition coefficient (Wildman–Crippen LogP) is 5.77. The summed E-state index contributed by atoms with van der Waals surface area (Å²) in [6.45, 7) is -0.334. The number of hydrogen-bond donors (Lipinski definition) is 3. The Hall–Kier alpha value is -4.82. The quantitative estimate of drug-likeness (QED) is 0.233. The topological polar surface area (TPSA) is 111 Å². The summed E-state index contributed by atoms with van der Waals surface area (Å²) in [5.74, 6) is 0.115. The van der Waals surface area contributed by atoms with E-state index in [4.69, 9.17) is 10.5 Å². The van der Waals surface area contributed by atoms with Gasteiger partial charge >= 0.3 is 5.69 Å². The highest BCUT2D eigenvalue weighted by atomic mass is 16.5. The molecule has 0 radical (unpaired) electrons. The molecule has 7 rings (SSSR count). The first-order chi connectivity index (χ1) is 20.5. The number of rotatable bonds is 5. The van der Waals surface area contributed by atoms with Crippen molar-refractivity contribution in [2.45, 2.75) is 24.9 Å². The third-order valence-electron chi connectivity index (χ3n) is 8.15. The highest BCUT2D eigenvalue weighted by Crippen LogP contribution is 2.43. The van der Waals surface area contributed by atoms with Crippen molar-refractivity contribution in [1.29, 1.82) is 0 Å². The number of aliphatic hydroxyl groups excluding tert-OH is 2. The van der Waals surface area contributed by atoms with Gasteiger partial charge in [0.25, 0.3) is 0 Å². The van der Waals surface area contributed by atoms with Gasteiger partial charge in [-0.25, -0.2) is 4.79 Å². The summed E-state index contributed by atoms with van der Waals surface area (Å²) in [5, 5.41) is 24.3. The second-order valence-corrected chi connectivity index (χ2v) is 10.6. The van der Waals surface area contributed by atoms with Gasteiger partial charge in [0.05, 0.1) is 12.7 Å². The SMILES string of the molecule is Nc1nc(=O)n([C@H]2C[C@H](O)[C@@H](CO)O2)cc1-c1ccc(-c2c3ccccc3c(-c3ccccc3)c3ccccc23)cc1. The lowest BCUT2D eigenvalue weighted by Gasteiger charge is -2.18. The van der Waals surface area contributed by atoms with Crippen LogP contribution < -0.4 is 11.4 Å². The minimum atomic E-state index is -0.870. The molecule has 1 fully saturated rings. The standard InChI is InChI=1S/C35H29N3O4/c36-34-28(19-38(35(41)37-34)31-18-29(40)30(20-39)42-31)21-14-16-23(17-15-21)33-26-12-6-4-10-24(26)32(22-8-2-1-3-9-22)25-11-5-7-13-27(25)33/h1-17,19,29-31,39-40H,18,20H2,(H2,36,37,41)/t29-,30+,31+/m0/s1. The van der Waals surface area contributed by atoms with Crippen molar-refractivity contribution >= 4 is 27.4 Å². The fourth-order valence-electron chi connectivity index (χ4n) is 6.13. The second kappa shape index (κ2) is 10.5. The van der Waals surface area contributed by atoms with E-state index < -0.39 is 24.1 Å². The Bertz CT molecular complexity index is 1930. The number of nitrogen functional groups attached to an aromatic ring is 1. The van der Waals surface area contributed by atoms with Gasteiger partial charge < -0.3 is 20.7 Å².